The van der Waals surface area contributed by atoms with Crippen molar-refractivity contribution in [2.75, 3.05) is 13.2 Å². The summed E-state index contributed by atoms with van der Waals surface area (Å²) < 4.78 is 6.00. The first-order valence-electron chi connectivity index (χ1n) is 5.17. The standard InChI is InChI=1S/C12H23O.W/c1-11(2)7-10-13-9-6-8-12(3,4)5;/h6,8H,7,9-10H2,1-5H3;/b8-6-;. The van der Waals surface area contributed by atoms with E-state index in [9.17, 15) is 0 Å². The Morgan fingerprint density at radius 1 is 1.14 bits per heavy atom. The zero-order chi connectivity index (χ0) is 11.2. The molecule has 0 aliphatic heterocycles. The average Bonchev–Trinajstić information content (AvgIpc) is 1.92. The van der Waals surface area contributed by atoms with Crippen molar-refractivity contribution in [2.45, 2.75) is 44.8 Å². The van der Waals surface area contributed by atoms with Gasteiger partial charge in [0.2, 0.25) is 0 Å². The minimum absolute atomic E-state index is 0.275. The van der Waals surface area contributed by atoms with Gasteiger partial charge in [-0.2, -0.15) is 0 Å². The average molecular weight is 367 g/mol. The predicted molar refractivity (Wildman–Crippen MR) is 58.1 cm³/mol. The van der Waals surface area contributed by atoms with Gasteiger partial charge in [-0.3, -0.25) is 0 Å². The van der Waals surface area contributed by atoms with Crippen LogP contribution in [0.5, 0.6) is 0 Å². The molecule has 0 heterocycles. The Morgan fingerprint density at radius 2 is 1.71 bits per heavy atom. The molecule has 1 nitrogen and oxygen atoms in total. The first kappa shape index (κ1) is 14.4. The van der Waals surface area contributed by atoms with E-state index in [4.69, 9.17) is 4.74 Å². The van der Waals surface area contributed by atoms with Gasteiger partial charge in [0.25, 0.3) is 0 Å². The first-order valence-corrected chi connectivity index (χ1v) is 6.63. The molecule has 0 N–H and O–H groups in total. The van der Waals surface area contributed by atoms with Crippen molar-refractivity contribution < 1.29 is 24.6 Å². The van der Waals surface area contributed by atoms with Crippen LogP contribution >= 0.6 is 0 Å². The summed E-state index contributed by atoms with van der Waals surface area (Å²) in [6, 6.07) is 0. The summed E-state index contributed by atoms with van der Waals surface area (Å²) in [7, 11) is 0. The summed E-state index contributed by atoms with van der Waals surface area (Å²) in [4.78, 5) is 0. The molecule has 0 rings (SSSR count). The minimum atomic E-state index is 0.275. The number of hydrogen-bond donors (Lipinski definition) is 0. The maximum absolute atomic E-state index is 5.53. The molecule has 0 aliphatic rings. The number of allylic oxidation sites excluding steroid dienone is 1. The third kappa shape index (κ3) is 12.4. The summed E-state index contributed by atoms with van der Waals surface area (Å²) in [5.41, 5.74) is 0.275. The monoisotopic (exact) mass is 367 g/mol. The van der Waals surface area contributed by atoms with E-state index in [-0.39, 0.29) is 5.41 Å². The Labute approximate surface area is 100 Å². The number of rotatable bonds is 5. The summed E-state index contributed by atoms with van der Waals surface area (Å²) in [6.07, 6.45) is 5.48. The van der Waals surface area contributed by atoms with Crippen LogP contribution in [-0.2, 0) is 24.6 Å². The first-order chi connectivity index (χ1) is 6.21. The molecule has 0 bridgehead atoms. The van der Waals surface area contributed by atoms with Crippen molar-refractivity contribution in [1.82, 2.24) is 0 Å². The van der Waals surface area contributed by atoms with Gasteiger partial charge in [-0.15, -0.1) is 0 Å². The van der Waals surface area contributed by atoms with Crippen molar-refractivity contribution >= 4 is 0 Å². The van der Waals surface area contributed by atoms with Crippen LogP contribution in [0, 0.1) is 5.41 Å². The SMILES string of the molecule is CC(C)(C)/C=C\COCC[C](C)(C)[W]. The second kappa shape index (κ2) is 6.08. The zero-order valence-corrected chi connectivity index (χ0v) is 13.0. The fraction of sp³-hybridized carbons (Fsp3) is 0.833. The molecule has 0 fully saturated rings. The van der Waals surface area contributed by atoms with Gasteiger partial charge >= 0.3 is 100 Å². The van der Waals surface area contributed by atoms with E-state index in [0.717, 1.165) is 19.6 Å². The Kier molecular flexibility index (Phi) is 6.25. The van der Waals surface area contributed by atoms with E-state index in [0.29, 0.717) is 3.80 Å². The molecule has 83 valence electrons. The van der Waals surface area contributed by atoms with Crippen molar-refractivity contribution in [3.63, 3.8) is 0 Å². The topological polar surface area (TPSA) is 9.23 Å². The van der Waals surface area contributed by atoms with E-state index in [1.807, 2.05) is 0 Å². The Bertz CT molecular complexity index is 172. The van der Waals surface area contributed by atoms with Gasteiger partial charge in [0.1, 0.15) is 0 Å². The molecule has 2 heteroatoms. The quantitative estimate of drug-likeness (QED) is 0.532. The van der Waals surface area contributed by atoms with Crippen molar-refractivity contribution in [2.24, 2.45) is 5.41 Å². The van der Waals surface area contributed by atoms with E-state index in [2.05, 4.69) is 46.8 Å². The summed E-state index contributed by atoms with van der Waals surface area (Å²) in [5.74, 6) is 0. The molecule has 0 saturated heterocycles. The Balaban J connectivity index is 3.44. The summed E-state index contributed by atoms with van der Waals surface area (Å²) in [5, 5.41) is 0. The fourth-order valence-electron chi connectivity index (χ4n) is 0.871. The van der Waals surface area contributed by atoms with Gasteiger partial charge in [-0.05, 0) is 0 Å². The van der Waals surface area contributed by atoms with Crippen LogP contribution in [0.1, 0.15) is 41.0 Å². The molecule has 0 amide bonds. The molecule has 0 unspecified atom stereocenters. The molecule has 0 spiro atoms. The predicted octanol–water partition coefficient (Wildman–Crippen LogP) is 3.74. The van der Waals surface area contributed by atoms with E-state index < -0.39 is 0 Å². The number of ether oxygens (including phenoxy) is 1. The Morgan fingerprint density at radius 3 is 2.14 bits per heavy atom. The van der Waals surface area contributed by atoms with Gasteiger partial charge in [-0.25, -0.2) is 0 Å². The van der Waals surface area contributed by atoms with Gasteiger partial charge < -0.3 is 0 Å². The van der Waals surface area contributed by atoms with Crippen LogP contribution in [0.25, 0.3) is 0 Å². The summed E-state index contributed by atoms with van der Waals surface area (Å²) >= 11 is 1.64. The van der Waals surface area contributed by atoms with Crippen LogP contribution < -0.4 is 0 Å². The van der Waals surface area contributed by atoms with E-state index in [1.54, 1.807) is 19.8 Å². The van der Waals surface area contributed by atoms with E-state index >= 15 is 0 Å². The molecular formula is C12H23OW. The van der Waals surface area contributed by atoms with Crippen molar-refractivity contribution in [3.05, 3.63) is 12.2 Å². The molecule has 0 saturated carbocycles. The molecule has 0 radical (unpaired) electrons. The second-order valence-electron chi connectivity index (χ2n) is 5.35. The third-order valence-electron chi connectivity index (χ3n) is 1.68. The van der Waals surface area contributed by atoms with Gasteiger partial charge in [-0.1, -0.05) is 0 Å². The molecular weight excluding hydrogens is 344 g/mol. The molecule has 0 aliphatic carbocycles. The maximum atomic E-state index is 5.53. The fourth-order valence-corrected chi connectivity index (χ4v) is 1.17. The van der Waals surface area contributed by atoms with Gasteiger partial charge in [0.05, 0.1) is 0 Å². The third-order valence-corrected chi connectivity index (χ3v) is 2.41. The van der Waals surface area contributed by atoms with Gasteiger partial charge in [0.15, 0.2) is 0 Å². The van der Waals surface area contributed by atoms with Gasteiger partial charge in [0, 0.05) is 0 Å². The normalized spacial score (nSPS) is 13.8. The van der Waals surface area contributed by atoms with E-state index in [1.165, 1.54) is 0 Å². The van der Waals surface area contributed by atoms with Crippen LogP contribution in [0.4, 0.5) is 0 Å². The number of hydrogen-bond acceptors (Lipinski definition) is 1. The van der Waals surface area contributed by atoms with Crippen molar-refractivity contribution in [3.8, 4) is 0 Å². The zero-order valence-electron chi connectivity index (χ0n) is 10.1. The molecule has 0 atom stereocenters. The summed E-state index contributed by atoms with van der Waals surface area (Å²) in [6.45, 7) is 12.8. The van der Waals surface area contributed by atoms with Crippen LogP contribution in [0.3, 0.4) is 0 Å². The van der Waals surface area contributed by atoms with Crippen molar-refractivity contribution in [1.29, 1.82) is 0 Å². The second-order valence-corrected chi connectivity index (χ2v) is 9.32. The molecule has 0 aromatic rings. The van der Waals surface area contributed by atoms with Crippen LogP contribution in [-0.4, -0.2) is 13.2 Å². The Hall–Kier alpha value is 0.388. The molecule has 14 heavy (non-hydrogen) atoms. The molecule has 0 aromatic carbocycles. The van der Waals surface area contributed by atoms with Crippen LogP contribution in [0.15, 0.2) is 12.2 Å². The van der Waals surface area contributed by atoms with Crippen LogP contribution in [0.2, 0.25) is 3.80 Å². The molecule has 0 aromatic heterocycles.